The summed E-state index contributed by atoms with van der Waals surface area (Å²) in [5.74, 6) is 0.207. The Labute approximate surface area is 103 Å². The molecule has 0 aromatic carbocycles. The molecular formula is C11H21ClN2O2. The van der Waals surface area contributed by atoms with E-state index in [9.17, 15) is 4.79 Å². The van der Waals surface area contributed by atoms with Gasteiger partial charge in [0.05, 0.1) is 0 Å². The fraction of sp³-hybridized carbons (Fsp3) is 0.909. The summed E-state index contributed by atoms with van der Waals surface area (Å²) in [5, 5.41) is 3.30. The highest BCUT2D eigenvalue weighted by molar-refractivity contribution is 5.85. The lowest BCUT2D eigenvalue weighted by Gasteiger charge is -2.28. The Hall–Kier alpha value is -0.320. The molecule has 2 heterocycles. The van der Waals surface area contributed by atoms with Gasteiger partial charge in [0.15, 0.2) is 0 Å². The number of nitrogens with zero attached hydrogens (tertiary/aromatic N) is 1. The van der Waals surface area contributed by atoms with Gasteiger partial charge in [-0.25, -0.2) is 0 Å². The lowest BCUT2D eigenvalue weighted by Crippen LogP contribution is -2.43. The number of ether oxygens (including phenoxy) is 1. The molecule has 5 heteroatoms. The Morgan fingerprint density at radius 3 is 2.81 bits per heavy atom. The molecule has 4 nitrogen and oxygen atoms in total. The number of rotatable bonds is 1. The minimum atomic E-state index is -0.156. The second-order valence-electron chi connectivity index (χ2n) is 4.28. The van der Waals surface area contributed by atoms with Crippen LogP contribution in [0.4, 0.5) is 0 Å². The van der Waals surface area contributed by atoms with Crippen LogP contribution in [0.3, 0.4) is 0 Å². The SMILES string of the molecule is Cl.O=C(C1CCCCO1)N1CCCNCC1. The number of hydrogen-bond donors (Lipinski definition) is 1. The number of halogens is 1. The van der Waals surface area contributed by atoms with Crippen LogP contribution in [0.5, 0.6) is 0 Å². The number of nitrogens with one attached hydrogen (secondary N) is 1. The average Bonchev–Trinajstić information content (AvgIpc) is 2.58. The van der Waals surface area contributed by atoms with Crippen molar-refractivity contribution in [2.75, 3.05) is 32.8 Å². The zero-order chi connectivity index (χ0) is 10.5. The van der Waals surface area contributed by atoms with E-state index < -0.39 is 0 Å². The van der Waals surface area contributed by atoms with Crippen molar-refractivity contribution in [1.29, 1.82) is 0 Å². The van der Waals surface area contributed by atoms with Gasteiger partial charge in [0.2, 0.25) is 0 Å². The van der Waals surface area contributed by atoms with Crippen molar-refractivity contribution < 1.29 is 9.53 Å². The minimum Gasteiger partial charge on any atom is -0.368 e. The number of carbonyl (C=O) groups excluding carboxylic acids is 1. The summed E-state index contributed by atoms with van der Waals surface area (Å²) >= 11 is 0. The van der Waals surface area contributed by atoms with Crippen LogP contribution in [0.1, 0.15) is 25.7 Å². The van der Waals surface area contributed by atoms with Crippen LogP contribution in [0, 0.1) is 0 Å². The van der Waals surface area contributed by atoms with Crippen molar-refractivity contribution >= 4 is 18.3 Å². The van der Waals surface area contributed by atoms with Crippen LogP contribution < -0.4 is 5.32 Å². The Morgan fingerprint density at radius 1 is 1.19 bits per heavy atom. The second kappa shape index (κ2) is 7.09. The molecule has 0 saturated carbocycles. The van der Waals surface area contributed by atoms with Gasteiger partial charge < -0.3 is 15.0 Å². The standard InChI is InChI=1S/C11H20N2O2.ClH/c14-11(10-4-1-2-9-15-10)13-7-3-5-12-6-8-13;/h10,12H,1-9H2;1H. The molecule has 94 valence electrons. The second-order valence-corrected chi connectivity index (χ2v) is 4.28. The first-order valence-corrected chi connectivity index (χ1v) is 5.99. The van der Waals surface area contributed by atoms with E-state index in [1.165, 1.54) is 0 Å². The molecule has 2 aliphatic heterocycles. The molecule has 0 bridgehead atoms. The van der Waals surface area contributed by atoms with Crippen LogP contribution in [0.2, 0.25) is 0 Å². The van der Waals surface area contributed by atoms with E-state index in [1.807, 2.05) is 4.90 Å². The summed E-state index contributed by atoms with van der Waals surface area (Å²) in [7, 11) is 0. The maximum absolute atomic E-state index is 12.1. The molecule has 1 amide bonds. The third-order valence-corrected chi connectivity index (χ3v) is 3.11. The average molecular weight is 249 g/mol. The zero-order valence-corrected chi connectivity index (χ0v) is 10.4. The van der Waals surface area contributed by atoms with E-state index in [2.05, 4.69) is 5.32 Å². The van der Waals surface area contributed by atoms with E-state index in [1.54, 1.807) is 0 Å². The molecule has 0 aliphatic carbocycles. The summed E-state index contributed by atoms with van der Waals surface area (Å²) < 4.78 is 5.52. The Bertz CT molecular complexity index is 212. The summed E-state index contributed by atoms with van der Waals surface area (Å²) in [5.41, 5.74) is 0. The summed E-state index contributed by atoms with van der Waals surface area (Å²) in [6, 6.07) is 0. The maximum Gasteiger partial charge on any atom is 0.251 e. The van der Waals surface area contributed by atoms with Gasteiger partial charge in [-0.1, -0.05) is 0 Å². The Balaban J connectivity index is 0.00000128. The number of carbonyl (C=O) groups is 1. The van der Waals surface area contributed by atoms with Crippen LogP contribution >= 0.6 is 12.4 Å². The van der Waals surface area contributed by atoms with Gasteiger partial charge in [-0.2, -0.15) is 0 Å². The molecule has 0 aromatic rings. The maximum atomic E-state index is 12.1. The zero-order valence-electron chi connectivity index (χ0n) is 9.61. The molecule has 2 fully saturated rings. The van der Waals surface area contributed by atoms with Crippen LogP contribution in [0.25, 0.3) is 0 Å². The van der Waals surface area contributed by atoms with Crippen LogP contribution in [-0.4, -0.2) is 49.7 Å². The van der Waals surface area contributed by atoms with E-state index in [4.69, 9.17) is 4.74 Å². The van der Waals surface area contributed by atoms with E-state index in [0.29, 0.717) is 0 Å². The molecule has 0 aromatic heterocycles. The molecule has 16 heavy (non-hydrogen) atoms. The predicted octanol–water partition coefficient (Wildman–Crippen LogP) is 0.799. The smallest absolute Gasteiger partial charge is 0.251 e. The fourth-order valence-electron chi connectivity index (χ4n) is 2.21. The molecule has 2 aliphatic rings. The van der Waals surface area contributed by atoms with Crippen molar-refractivity contribution in [2.24, 2.45) is 0 Å². The number of hydrogen-bond acceptors (Lipinski definition) is 3. The van der Waals surface area contributed by atoms with Crippen molar-refractivity contribution in [3.8, 4) is 0 Å². The normalized spacial score (nSPS) is 26.8. The van der Waals surface area contributed by atoms with Crippen molar-refractivity contribution in [3.05, 3.63) is 0 Å². The summed E-state index contributed by atoms with van der Waals surface area (Å²) in [6.45, 7) is 4.40. The molecule has 2 rings (SSSR count). The molecular weight excluding hydrogens is 228 g/mol. The van der Waals surface area contributed by atoms with Crippen molar-refractivity contribution in [2.45, 2.75) is 31.8 Å². The van der Waals surface area contributed by atoms with Gasteiger partial charge in [-0.15, -0.1) is 12.4 Å². The lowest BCUT2D eigenvalue weighted by molar-refractivity contribution is -0.146. The monoisotopic (exact) mass is 248 g/mol. The Kier molecular flexibility index (Phi) is 6.09. The van der Waals surface area contributed by atoms with Gasteiger partial charge in [0.1, 0.15) is 6.10 Å². The first-order valence-electron chi connectivity index (χ1n) is 5.99. The quantitative estimate of drug-likeness (QED) is 0.747. The third kappa shape index (κ3) is 3.61. The Morgan fingerprint density at radius 2 is 2.06 bits per heavy atom. The lowest BCUT2D eigenvalue weighted by atomic mass is 10.1. The summed E-state index contributed by atoms with van der Waals surface area (Å²) in [6.07, 6.45) is 4.03. The van der Waals surface area contributed by atoms with Gasteiger partial charge in [-0.3, -0.25) is 4.79 Å². The van der Waals surface area contributed by atoms with E-state index in [-0.39, 0.29) is 24.4 Å². The predicted molar refractivity (Wildman–Crippen MR) is 64.9 cm³/mol. The first kappa shape index (κ1) is 13.7. The van der Waals surface area contributed by atoms with Gasteiger partial charge >= 0.3 is 0 Å². The van der Waals surface area contributed by atoms with Crippen molar-refractivity contribution in [3.63, 3.8) is 0 Å². The molecule has 0 radical (unpaired) electrons. The topological polar surface area (TPSA) is 41.6 Å². The van der Waals surface area contributed by atoms with Crippen LogP contribution in [-0.2, 0) is 9.53 Å². The molecule has 1 unspecified atom stereocenters. The summed E-state index contributed by atoms with van der Waals surface area (Å²) in [4.78, 5) is 14.0. The molecule has 2 saturated heterocycles. The van der Waals surface area contributed by atoms with Crippen LogP contribution in [0.15, 0.2) is 0 Å². The highest BCUT2D eigenvalue weighted by Crippen LogP contribution is 2.15. The van der Waals surface area contributed by atoms with Gasteiger partial charge in [0, 0.05) is 26.2 Å². The minimum absolute atomic E-state index is 0. The highest BCUT2D eigenvalue weighted by atomic mass is 35.5. The largest absolute Gasteiger partial charge is 0.368 e. The van der Waals surface area contributed by atoms with Gasteiger partial charge in [-0.05, 0) is 32.2 Å². The van der Waals surface area contributed by atoms with Gasteiger partial charge in [0.25, 0.3) is 5.91 Å². The highest BCUT2D eigenvalue weighted by Gasteiger charge is 2.26. The molecule has 1 atom stereocenters. The molecule has 1 N–H and O–H groups in total. The number of amides is 1. The van der Waals surface area contributed by atoms with Crippen molar-refractivity contribution in [1.82, 2.24) is 10.2 Å². The molecule has 0 spiro atoms. The fourth-order valence-corrected chi connectivity index (χ4v) is 2.21. The van der Waals surface area contributed by atoms with E-state index >= 15 is 0 Å². The third-order valence-electron chi connectivity index (χ3n) is 3.11. The van der Waals surface area contributed by atoms with E-state index in [0.717, 1.165) is 58.5 Å². The first-order chi connectivity index (χ1) is 7.38.